The summed E-state index contributed by atoms with van der Waals surface area (Å²) < 4.78 is 67.3. The van der Waals surface area contributed by atoms with Crippen molar-refractivity contribution in [2.75, 3.05) is 20.3 Å². The molecule has 1 aliphatic rings. The van der Waals surface area contributed by atoms with E-state index >= 15 is 0 Å². The van der Waals surface area contributed by atoms with Crippen LogP contribution >= 0.6 is 11.3 Å². The highest BCUT2D eigenvalue weighted by Crippen LogP contribution is 2.44. The molecule has 1 N–H and O–H groups in total. The van der Waals surface area contributed by atoms with E-state index in [2.05, 4.69) is 4.98 Å². The SMILES string of the molecule is COc1ccccc1[C@H](Cc1cc(C(C)(C)C(=O)O)c(=O)n2c(C(F)(F)F)c(-c3ncco3)sc12)OC1CCOCC1. The maximum atomic E-state index is 14.6. The zero-order chi connectivity index (χ0) is 30.2. The van der Waals surface area contributed by atoms with Crippen molar-refractivity contribution >= 4 is 22.1 Å². The van der Waals surface area contributed by atoms with Gasteiger partial charge in [-0.2, -0.15) is 13.2 Å². The minimum absolute atomic E-state index is 0.0130. The molecule has 1 fully saturated rings. The summed E-state index contributed by atoms with van der Waals surface area (Å²) in [6, 6.07) is 8.55. The number of hydrogen-bond acceptors (Lipinski definition) is 8. The maximum absolute atomic E-state index is 14.6. The first-order valence-electron chi connectivity index (χ1n) is 13.2. The summed E-state index contributed by atoms with van der Waals surface area (Å²) in [6.07, 6.45) is -2.27. The first-order valence-corrected chi connectivity index (χ1v) is 14.0. The van der Waals surface area contributed by atoms with Crippen molar-refractivity contribution < 1.29 is 41.7 Å². The number of aliphatic carboxylic acids is 1. The van der Waals surface area contributed by atoms with Gasteiger partial charge in [-0.25, -0.2) is 4.98 Å². The fourth-order valence-electron chi connectivity index (χ4n) is 5.07. The van der Waals surface area contributed by atoms with Crippen LogP contribution in [0.4, 0.5) is 13.2 Å². The second-order valence-electron chi connectivity index (χ2n) is 10.5. The Labute approximate surface area is 242 Å². The predicted octanol–water partition coefficient (Wildman–Crippen LogP) is 5.89. The number of rotatable bonds is 9. The molecule has 1 aliphatic heterocycles. The number of carboxylic acids is 1. The minimum Gasteiger partial charge on any atom is -0.496 e. The molecule has 0 aliphatic carbocycles. The van der Waals surface area contributed by atoms with Crippen molar-refractivity contribution in [1.82, 2.24) is 9.38 Å². The van der Waals surface area contributed by atoms with Gasteiger partial charge in [-0.15, -0.1) is 11.3 Å². The number of fused-ring (bicyclic) bond motifs is 1. The van der Waals surface area contributed by atoms with Crippen LogP contribution in [-0.4, -0.2) is 46.9 Å². The molecule has 9 nitrogen and oxygen atoms in total. The Morgan fingerprint density at radius 3 is 2.57 bits per heavy atom. The average molecular weight is 607 g/mol. The van der Waals surface area contributed by atoms with Crippen LogP contribution < -0.4 is 10.3 Å². The van der Waals surface area contributed by atoms with E-state index in [-0.39, 0.29) is 28.8 Å². The molecule has 0 saturated carbocycles. The van der Waals surface area contributed by atoms with Gasteiger partial charge < -0.3 is 23.7 Å². The van der Waals surface area contributed by atoms with Crippen LogP contribution in [0.5, 0.6) is 5.75 Å². The molecule has 224 valence electrons. The van der Waals surface area contributed by atoms with Crippen molar-refractivity contribution in [3.8, 4) is 16.5 Å². The van der Waals surface area contributed by atoms with E-state index in [1.807, 2.05) is 6.07 Å². The molecule has 0 bridgehead atoms. The van der Waals surface area contributed by atoms with Crippen LogP contribution in [0.15, 0.2) is 52.0 Å². The molecule has 4 heterocycles. The third kappa shape index (κ3) is 5.55. The summed E-state index contributed by atoms with van der Waals surface area (Å²) in [5, 5.41) is 9.97. The van der Waals surface area contributed by atoms with Gasteiger partial charge in [0.25, 0.3) is 5.56 Å². The van der Waals surface area contributed by atoms with E-state index in [9.17, 15) is 27.9 Å². The monoisotopic (exact) mass is 606 g/mol. The Hall–Kier alpha value is -3.68. The summed E-state index contributed by atoms with van der Waals surface area (Å²) in [5.41, 5.74) is -3.50. The van der Waals surface area contributed by atoms with Crippen molar-refractivity contribution in [2.45, 2.75) is 56.9 Å². The third-order valence-electron chi connectivity index (χ3n) is 7.39. The standard InChI is InChI=1S/C29H29F3N2O7S/c1-28(2,27(36)37)19-14-16(15-21(41-17-8-11-39-12-9-17)18-6-4-5-7-20(18)38-3)26-34(25(19)35)23(29(30,31)32)22(42-26)24-33-10-13-40-24/h4-7,10,13-14,17,21H,8-9,11-12,15H2,1-3H3,(H,36,37)/t21-/m0/s1. The normalized spacial score (nSPS) is 15.7. The average Bonchev–Trinajstić information content (AvgIpc) is 3.63. The third-order valence-corrected chi connectivity index (χ3v) is 8.60. The number of thiazole rings is 1. The molecule has 13 heteroatoms. The molecule has 3 aromatic heterocycles. The molecule has 0 amide bonds. The van der Waals surface area contributed by atoms with Crippen LogP contribution in [0, 0.1) is 0 Å². The van der Waals surface area contributed by atoms with Crippen LogP contribution in [0.25, 0.3) is 15.6 Å². The number of benzene rings is 1. The molecular weight excluding hydrogens is 577 g/mol. The van der Waals surface area contributed by atoms with E-state index in [0.29, 0.717) is 58.7 Å². The molecule has 0 unspecified atom stereocenters. The number of ether oxygens (including phenoxy) is 3. The van der Waals surface area contributed by atoms with Gasteiger partial charge in [-0.3, -0.25) is 14.0 Å². The Balaban J connectivity index is 1.78. The summed E-state index contributed by atoms with van der Waals surface area (Å²) in [6.45, 7) is 3.58. The van der Waals surface area contributed by atoms with Crippen molar-refractivity contribution in [3.05, 3.63) is 75.5 Å². The topological polar surface area (TPSA) is 113 Å². The van der Waals surface area contributed by atoms with E-state index in [0.717, 1.165) is 6.26 Å². The predicted molar refractivity (Wildman–Crippen MR) is 147 cm³/mol. The van der Waals surface area contributed by atoms with Gasteiger partial charge in [-0.1, -0.05) is 18.2 Å². The molecule has 42 heavy (non-hydrogen) atoms. The molecular formula is C29H29F3N2O7S. The molecule has 0 radical (unpaired) electrons. The molecule has 0 spiro atoms. The van der Waals surface area contributed by atoms with Gasteiger partial charge in [0.1, 0.15) is 21.7 Å². The van der Waals surface area contributed by atoms with Crippen LogP contribution in [0.1, 0.15) is 55.2 Å². The van der Waals surface area contributed by atoms with E-state index < -0.39 is 39.8 Å². The molecule has 1 saturated heterocycles. The van der Waals surface area contributed by atoms with Gasteiger partial charge in [-0.05, 0) is 44.4 Å². The van der Waals surface area contributed by atoms with Crippen LogP contribution in [0.2, 0.25) is 0 Å². The van der Waals surface area contributed by atoms with E-state index in [1.165, 1.54) is 33.2 Å². The van der Waals surface area contributed by atoms with Gasteiger partial charge >= 0.3 is 12.1 Å². The Bertz CT molecular complexity index is 1640. The smallest absolute Gasteiger partial charge is 0.433 e. The second-order valence-corrected chi connectivity index (χ2v) is 11.5. The zero-order valence-electron chi connectivity index (χ0n) is 23.1. The number of halogens is 3. The Kier molecular flexibility index (Phi) is 8.19. The fraction of sp³-hybridized carbons (Fsp3) is 0.414. The highest BCUT2D eigenvalue weighted by Gasteiger charge is 2.43. The van der Waals surface area contributed by atoms with Crippen molar-refractivity contribution in [2.24, 2.45) is 0 Å². The van der Waals surface area contributed by atoms with Gasteiger partial charge in [0.05, 0.1) is 30.9 Å². The molecule has 1 atom stereocenters. The quantitative estimate of drug-likeness (QED) is 0.251. The number of carboxylic acid groups (broad SMARTS) is 1. The molecule has 5 rings (SSSR count). The first kappa shape index (κ1) is 29.8. The lowest BCUT2D eigenvalue weighted by molar-refractivity contribution is -0.142. The number of alkyl halides is 3. The number of nitrogens with zero attached hydrogens (tertiary/aromatic N) is 2. The Morgan fingerprint density at radius 2 is 1.95 bits per heavy atom. The lowest BCUT2D eigenvalue weighted by Crippen LogP contribution is -2.37. The van der Waals surface area contributed by atoms with Crippen molar-refractivity contribution in [3.63, 3.8) is 0 Å². The molecule has 4 aromatic rings. The largest absolute Gasteiger partial charge is 0.496 e. The molecule has 1 aromatic carbocycles. The number of hydrogen-bond donors (Lipinski definition) is 1. The number of para-hydroxylation sites is 1. The minimum atomic E-state index is -4.99. The van der Waals surface area contributed by atoms with E-state index in [1.54, 1.807) is 18.2 Å². The van der Waals surface area contributed by atoms with Crippen molar-refractivity contribution in [1.29, 1.82) is 0 Å². The maximum Gasteiger partial charge on any atom is 0.433 e. The lowest BCUT2D eigenvalue weighted by atomic mass is 9.84. The number of oxazole rings is 1. The zero-order valence-corrected chi connectivity index (χ0v) is 23.9. The summed E-state index contributed by atoms with van der Waals surface area (Å²) in [5.74, 6) is -1.14. The van der Waals surface area contributed by atoms with Crippen LogP contribution in [-0.2, 0) is 32.3 Å². The summed E-state index contributed by atoms with van der Waals surface area (Å²) >= 11 is 0.703. The number of methoxy groups -OCH3 is 1. The van der Waals surface area contributed by atoms with Gasteiger partial charge in [0, 0.05) is 30.8 Å². The lowest BCUT2D eigenvalue weighted by Gasteiger charge is -2.29. The summed E-state index contributed by atoms with van der Waals surface area (Å²) in [4.78, 5) is 29.5. The van der Waals surface area contributed by atoms with Gasteiger partial charge in [0.2, 0.25) is 5.89 Å². The highest BCUT2D eigenvalue weighted by molar-refractivity contribution is 7.21. The summed E-state index contributed by atoms with van der Waals surface area (Å²) in [7, 11) is 1.51. The van der Waals surface area contributed by atoms with Gasteiger partial charge in [0.15, 0.2) is 5.69 Å². The fourth-order valence-corrected chi connectivity index (χ4v) is 6.29. The Morgan fingerprint density at radius 1 is 1.24 bits per heavy atom. The number of pyridine rings is 1. The van der Waals surface area contributed by atoms with E-state index in [4.69, 9.17) is 18.6 Å². The first-order chi connectivity index (χ1) is 19.9. The number of aromatic nitrogens is 2. The second kappa shape index (κ2) is 11.5. The number of carbonyl (C=O) groups is 1. The van der Waals surface area contributed by atoms with Crippen LogP contribution in [0.3, 0.4) is 0 Å². The highest BCUT2D eigenvalue weighted by atomic mass is 32.1.